The van der Waals surface area contributed by atoms with E-state index in [1.54, 1.807) is 6.92 Å². The first-order valence-electron chi connectivity index (χ1n) is 8.67. The van der Waals surface area contributed by atoms with E-state index in [1.807, 2.05) is 18.2 Å². The lowest BCUT2D eigenvalue weighted by molar-refractivity contribution is -0.119. The van der Waals surface area contributed by atoms with E-state index < -0.39 is 0 Å². The van der Waals surface area contributed by atoms with E-state index >= 15 is 0 Å². The van der Waals surface area contributed by atoms with Gasteiger partial charge in [-0.15, -0.1) is 0 Å². The van der Waals surface area contributed by atoms with Gasteiger partial charge in [-0.3, -0.25) is 4.79 Å². The summed E-state index contributed by atoms with van der Waals surface area (Å²) in [6, 6.07) is 10.6. The van der Waals surface area contributed by atoms with Gasteiger partial charge < -0.3 is 15.0 Å². The van der Waals surface area contributed by atoms with Crippen LogP contribution < -0.4 is 5.32 Å². The molecule has 0 aromatic heterocycles. The van der Waals surface area contributed by atoms with Gasteiger partial charge in [0.1, 0.15) is 0 Å². The number of likely N-dealkylation sites (tertiary alicyclic amines) is 1. The Morgan fingerprint density at radius 2 is 2.04 bits per heavy atom. The Hall–Kier alpha value is -1.39. The van der Waals surface area contributed by atoms with Crippen molar-refractivity contribution in [2.24, 2.45) is 11.8 Å². The lowest BCUT2D eigenvalue weighted by atomic mass is 9.91. The second-order valence-electron chi connectivity index (χ2n) is 6.87. The lowest BCUT2D eigenvalue weighted by Gasteiger charge is -2.22. The van der Waals surface area contributed by atoms with E-state index in [1.165, 1.54) is 5.56 Å². The number of carbonyl (C=O) groups excluding carboxylic acids is 1. The highest BCUT2D eigenvalue weighted by Crippen LogP contribution is 2.24. The van der Waals surface area contributed by atoms with Crippen LogP contribution in [0.15, 0.2) is 30.3 Å². The summed E-state index contributed by atoms with van der Waals surface area (Å²) in [5.41, 5.74) is 1.22. The Morgan fingerprint density at radius 1 is 1.30 bits per heavy atom. The van der Waals surface area contributed by atoms with Crippen LogP contribution in [0.5, 0.6) is 0 Å². The van der Waals surface area contributed by atoms with Crippen LogP contribution in [0.4, 0.5) is 0 Å². The predicted molar refractivity (Wildman–Crippen MR) is 93.1 cm³/mol. The Bertz CT molecular complexity index is 476. The lowest BCUT2D eigenvalue weighted by Crippen LogP contribution is -2.40. The highest BCUT2D eigenvalue weighted by Gasteiger charge is 2.34. The summed E-state index contributed by atoms with van der Waals surface area (Å²) >= 11 is 0. The standard InChI is InChI=1S/C19H30N2O2/c1-15(2)18-12-21(13-19(18)20-16(3)22)10-7-11-23-14-17-8-5-4-6-9-17/h4-6,8-9,15,18-19H,7,10-14H2,1-3H3,(H,20,22)/t18-,19+/m0/s1. The maximum Gasteiger partial charge on any atom is 0.217 e. The zero-order valence-electron chi connectivity index (χ0n) is 14.6. The van der Waals surface area contributed by atoms with Crippen molar-refractivity contribution < 1.29 is 9.53 Å². The number of carbonyl (C=O) groups is 1. The smallest absolute Gasteiger partial charge is 0.217 e. The Balaban J connectivity index is 1.66. The summed E-state index contributed by atoms with van der Waals surface area (Å²) < 4.78 is 5.75. The number of hydrogen-bond donors (Lipinski definition) is 1. The molecule has 0 aliphatic carbocycles. The fourth-order valence-electron chi connectivity index (χ4n) is 3.34. The number of rotatable bonds is 8. The van der Waals surface area contributed by atoms with E-state index in [2.05, 4.69) is 36.2 Å². The van der Waals surface area contributed by atoms with Crippen molar-refractivity contribution in [3.05, 3.63) is 35.9 Å². The van der Waals surface area contributed by atoms with Gasteiger partial charge >= 0.3 is 0 Å². The van der Waals surface area contributed by atoms with Gasteiger partial charge in [-0.1, -0.05) is 44.2 Å². The van der Waals surface area contributed by atoms with E-state index in [-0.39, 0.29) is 11.9 Å². The van der Waals surface area contributed by atoms with Gasteiger partial charge in [0.15, 0.2) is 0 Å². The van der Waals surface area contributed by atoms with Crippen molar-refractivity contribution >= 4 is 5.91 Å². The van der Waals surface area contributed by atoms with E-state index in [0.29, 0.717) is 18.4 Å². The summed E-state index contributed by atoms with van der Waals surface area (Å²) in [4.78, 5) is 13.8. The molecule has 0 spiro atoms. The fourth-order valence-corrected chi connectivity index (χ4v) is 3.34. The molecule has 1 aliphatic heterocycles. The molecule has 1 aromatic rings. The molecule has 1 fully saturated rings. The third-order valence-corrected chi connectivity index (χ3v) is 4.56. The molecular weight excluding hydrogens is 288 g/mol. The molecule has 23 heavy (non-hydrogen) atoms. The Labute approximate surface area is 140 Å². The Kier molecular flexibility index (Phi) is 7.06. The van der Waals surface area contributed by atoms with Gasteiger partial charge in [0, 0.05) is 39.2 Å². The monoisotopic (exact) mass is 318 g/mol. The first kappa shape index (κ1) is 18.0. The van der Waals surface area contributed by atoms with Crippen LogP contribution in [0.25, 0.3) is 0 Å². The quantitative estimate of drug-likeness (QED) is 0.749. The molecule has 4 nitrogen and oxygen atoms in total. The van der Waals surface area contributed by atoms with Crippen LogP contribution in [0, 0.1) is 11.8 Å². The molecular formula is C19H30N2O2. The van der Waals surface area contributed by atoms with Crippen LogP contribution >= 0.6 is 0 Å². The van der Waals surface area contributed by atoms with Gasteiger partial charge in [0.25, 0.3) is 0 Å². The minimum atomic E-state index is 0.0775. The third-order valence-electron chi connectivity index (χ3n) is 4.56. The number of nitrogens with zero attached hydrogens (tertiary/aromatic N) is 1. The van der Waals surface area contributed by atoms with Crippen molar-refractivity contribution in [3.8, 4) is 0 Å². The zero-order chi connectivity index (χ0) is 16.7. The van der Waals surface area contributed by atoms with E-state index in [4.69, 9.17) is 4.74 Å². The number of amides is 1. The van der Waals surface area contributed by atoms with Gasteiger partial charge in [0.2, 0.25) is 5.91 Å². The minimum absolute atomic E-state index is 0.0775. The average molecular weight is 318 g/mol. The maximum absolute atomic E-state index is 11.4. The molecule has 4 heteroatoms. The molecule has 0 saturated carbocycles. The molecule has 0 unspecified atom stereocenters. The highest BCUT2D eigenvalue weighted by molar-refractivity contribution is 5.73. The van der Waals surface area contributed by atoms with Crippen molar-refractivity contribution in [1.29, 1.82) is 0 Å². The van der Waals surface area contributed by atoms with E-state index in [9.17, 15) is 4.79 Å². The van der Waals surface area contributed by atoms with Crippen molar-refractivity contribution in [2.45, 2.75) is 39.8 Å². The van der Waals surface area contributed by atoms with Crippen molar-refractivity contribution in [1.82, 2.24) is 10.2 Å². The Morgan fingerprint density at radius 3 is 2.70 bits per heavy atom. The summed E-state index contributed by atoms with van der Waals surface area (Å²) in [7, 11) is 0. The number of hydrogen-bond acceptors (Lipinski definition) is 3. The van der Waals surface area contributed by atoms with Crippen LogP contribution in [0.3, 0.4) is 0 Å². The van der Waals surface area contributed by atoms with Crippen LogP contribution in [-0.4, -0.2) is 43.1 Å². The number of ether oxygens (including phenoxy) is 1. The normalized spacial score (nSPS) is 21.7. The summed E-state index contributed by atoms with van der Waals surface area (Å²) in [5.74, 6) is 1.21. The molecule has 1 aliphatic rings. The van der Waals surface area contributed by atoms with Crippen molar-refractivity contribution in [2.75, 3.05) is 26.2 Å². The molecule has 0 bridgehead atoms. The van der Waals surface area contributed by atoms with Crippen molar-refractivity contribution in [3.63, 3.8) is 0 Å². The zero-order valence-corrected chi connectivity index (χ0v) is 14.6. The molecule has 1 aromatic carbocycles. The van der Waals surface area contributed by atoms with Gasteiger partial charge in [-0.2, -0.15) is 0 Å². The summed E-state index contributed by atoms with van der Waals surface area (Å²) in [5, 5.41) is 3.11. The van der Waals surface area contributed by atoms with Gasteiger partial charge in [-0.25, -0.2) is 0 Å². The molecule has 2 atom stereocenters. The van der Waals surface area contributed by atoms with Gasteiger partial charge in [0.05, 0.1) is 6.61 Å². The first-order valence-corrected chi connectivity index (χ1v) is 8.67. The molecule has 0 radical (unpaired) electrons. The van der Waals surface area contributed by atoms with Crippen LogP contribution in [0.2, 0.25) is 0 Å². The molecule has 1 amide bonds. The maximum atomic E-state index is 11.4. The molecule has 2 rings (SSSR count). The topological polar surface area (TPSA) is 41.6 Å². The molecule has 1 heterocycles. The molecule has 1 N–H and O–H groups in total. The molecule has 1 saturated heterocycles. The number of nitrogens with one attached hydrogen (secondary N) is 1. The van der Waals surface area contributed by atoms with Crippen LogP contribution in [0.1, 0.15) is 32.8 Å². The molecule has 128 valence electrons. The second-order valence-corrected chi connectivity index (χ2v) is 6.87. The first-order chi connectivity index (χ1) is 11.1. The fraction of sp³-hybridized carbons (Fsp3) is 0.632. The predicted octanol–water partition coefficient (Wildman–Crippen LogP) is 2.69. The van der Waals surface area contributed by atoms with E-state index in [0.717, 1.165) is 32.7 Å². The summed E-state index contributed by atoms with van der Waals surface area (Å²) in [6.45, 7) is 10.6. The van der Waals surface area contributed by atoms with Crippen LogP contribution in [-0.2, 0) is 16.1 Å². The SMILES string of the molecule is CC(=O)N[C@@H]1CN(CCCOCc2ccccc2)C[C@H]1C(C)C. The largest absolute Gasteiger partial charge is 0.377 e. The third kappa shape index (κ3) is 5.96. The van der Waals surface area contributed by atoms with Gasteiger partial charge in [-0.05, 0) is 23.8 Å². The second kappa shape index (κ2) is 9.04. The average Bonchev–Trinajstić information content (AvgIpc) is 2.90. The number of benzene rings is 1. The minimum Gasteiger partial charge on any atom is -0.377 e. The highest BCUT2D eigenvalue weighted by atomic mass is 16.5. The summed E-state index contributed by atoms with van der Waals surface area (Å²) in [6.07, 6.45) is 1.03.